The van der Waals surface area contributed by atoms with Crippen molar-refractivity contribution in [3.63, 3.8) is 0 Å². The van der Waals surface area contributed by atoms with Crippen molar-refractivity contribution in [2.45, 2.75) is 26.7 Å². The zero-order valence-electron chi connectivity index (χ0n) is 11.1. The highest BCUT2D eigenvalue weighted by atomic mass is 19.1. The molecule has 2 amide bonds. The predicted molar refractivity (Wildman–Crippen MR) is 68.9 cm³/mol. The number of halogens is 1. The Bertz CT molecular complexity index is 589. The molecule has 2 rings (SSSR count). The average molecular weight is 279 g/mol. The molecule has 0 aliphatic carbocycles. The van der Waals surface area contributed by atoms with Crippen molar-refractivity contribution in [1.82, 2.24) is 0 Å². The standard InChI is InChI=1S/C14H14FNO4/c1-14(2)6-11(17)16(12(18)7-14)10-5-8(13(19)20)3-4-9(10)15/h3-5H,6-7H2,1-2H3,(H,19,20). The largest absolute Gasteiger partial charge is 0.478 e. The second-order valence-electron chi connectivity index (χ2n) is 5.61. The van der Waals surface area contributed by atoms with Gasteiger partial charge in [-0.05, 0) is 23.6 Å². The van der Waals surface area contributed by atoms with E-state index in [2.05, 4.69) is 0 Å². The summed E-state index contributed by atoms with van der Waals surface area (Å²) in [4.78, 5) is 35.7. The highest BCUT2D eigenvalue weighted by molar-refractivity contribution is 6.17. The first-order valence-electron chi connectivity index (χ1n) is 6.10. The van der Waals surface area contributed by atoms with Crippen LogP contribution in [0.5, 0.6) is 0 Å². The third kappa shape index (κ3) is 2.54. The zero-order chi connectivity index (χ0) is 15.1. The van der Waals surface area contributed by atoms with Gasteiger partial charge in [0.15, 0.2) is 0 Å². The summed E-state index contributed by atoms with van der Waals surface area (Å²) in [6, 6.07) is 3.04. The topological polar surface area (TPSA) is 74.7 Å². The number of imide groups is 1. The Morgan fingerprint density at radius 1 is 1.25 bits per heavy atom. The number of benzene rings is 1. The van der Waals surface area contributed by atoms with Gasteiger partial charge in [0.1, 0.15) is 5.82 Å². The molecule has 1 heterocycles. The minimum absolute atomic E-state index is 0.107. The third-order valence-corrected chi connectivity index (χ3v) is 3.19. The lowest BCUT2D eigenvalue weighted by atomic mass is 9.81. The number of anilines is 1. The van der Waals surface area contributed by atoms with E-state index in [1.807, 2.05) is 0 Å². The fourth-order valence-corrected chi connectivity index (χ4v) is 2.26. The molecule has 1 aliphatic rings. The number of hydrogen-bond acceptors (Lipinski definition) is 3. The minimum atomic E-state index is -1.25. The van der Waals surface area contributed by atoms with Crippen molar-refractivity contribution in [1.29, 1.82) is 0 Å². The summed E-state index contributed by atoms with van der Waals surface area (Å²) in [6.07, 6.45) is 0.213. The Morgan fingerprint density at radius 2 is 1.80 bits per heavy atom. The van der Waals surface area contributed by atoms with Gasteiger partial charge in [-0.25, -0.2) is 14.1 Å². The molecule has 0 unspecified atom stereocenters. The van der Waals surface area contributed by atoms with Crippen LogP contribution in [0.25, 0.3) is 0 Å². The van der Waals surface area contributed by atoms with Crippen LogP contribution in [0.4, 0.5) is 10.1 Å². The van der Waals surface area contributed by atoms with E-state index in [-0.39, 0.29) is 24.1 Å². The molecular formula is C14H14FNO4. The van der Waals surface area contributed by atoms with E-state index in [9.17, 15) is 18.8 Å². The first-order valence-corrected chi connectivity index (χ1v) is 6.10. The number of carbonyl (C=O) groups is 3. The lowest BCUT2D eigenvalue weighted by molar-refractivity contribution is -0.132. The number of aromatic carboxylic acids is 1. The van der Waals surface area contributed by atoms with E-state index in [0.717, 1.165) is 23.1 Å². The van der Waals surface area contributed by atoms with E-state index in [4.69, 9.17) is 5.11 Å². The van der Waals surface area contributed by atoms with Gasteiger partial charge in [-0.15, -0.1) is 0 Å². The van der Waals surface area contributed by atoms with Gasteiger partial charge in [0.25, 0.3) is 0 Å². The molecule has 0 spiro atoms. The molecule has 1 aromatic rings. The van der Waals surface area contributed by atoms with Crippen LogP contribution in [0.1, 0.15) is 37.0 Å². The molecule has 20 heavy (non-hydrogen) atoms. The van der Waals surface area contributed by atoms with Crippen LogP contribution in [0.3, 0.4) is 0 Å². The quantitative estimate of drug-likeness (QED) is 0.842. The lowest BCUT2D eigenvalue weighted by Crippen LogP contribution is -2.46. The molecule has 0 bridgehead atoms. The number of rotatable bonds is 2. The molecular weight excluding hydrogens is 265 g/mol. The van der Waals surface area contributed by atoms with E-state index in [0.29, 0.717) is 0 Å². The number of carboxylic acids is 1. The van der Waals surface area contributed by atoms with Gasteiger partial charge in [0, 0.05) is 12.8 Å². The first-order chi connectivity index (χ1) is 9.21. The minimum Gasteiger partial charge on any atom is -0.478 e. The van der Waals surface area contributed by atoms with Crippen molar-refractivity contribution >= 4 is 23.5 Å². The summed E-state index contributed by atoms with van der Waals surface area (Å²) in [5, 5.41) is 8.90. The number of carboxylic acid groups (broad SMARTS) is 1. The third-order valence-electron chi connectivity index (χ3n) is 3.19. The summed E-state index contributed by atoms with van der Waals surface area (Å²) >= 11 is 0. The fourth-order valence-electron chi connectivity index (χ4n) is 2.26. The summed E-state index contributed by atoms with van der Waals surface area (Å²) < 4.78 is 13.8. The van der Waals surface area contributed by atoms with Gasteiger partial charge < -0.3 is 5.11 Å². The lowest BCUT2D eigenvalue weighted by Gasteiger charge is -2.34. The zero-order valence-corrected chi connectivity index (χ0v) is 11.1. The molecule has 1 fully saturated rings. The SMILES string of the molecule is CC1(C)CC(=O)N(c2cc(C(=O)O)ccc2F)C(=O)C1. The molecule has 0 saturated carbocycles. The van der Waals surface area contributed by atoms with Gasteiger partial charge in [0.05, 0.1) is 11.3 Å². The molecule has 106 valence electrons. The van der Waals surface area contributed by atoms with Gasteiger partial charge >= 0.3 is 5.97 Å². The van der Waals surface area contributed by atoms with Crippen molar-refractivity contribution in [2.24, 2.45) is 5.41 Å². The maximum absolute atomic E-state index is 13.8. The molecule has 0 aromatic heterocycles. The Morgan fingerprint density at radius 3 is 2.30 bits per heavy atom. The Labute approximate surface area is 115 Å². The maximum atomic E-state index is 13.8. The van der Waals surface area contributed by atoms with Crippen LogP contribution in [0, 0.1) is 11.2 Å². The fraction of sp³-hybridized carbons (Fsp3) is 0.357. The van der Waals surface area contributed by atoms with E-state index in [1.54, 1.807) is 13.8 Å². The molecule has 0 atom stereocenters. The summed E-state index contributed by atoms with van der Waals surface area (Å²) in [5.41, 5.74) is -0.937. The number of carbonyl (C=O) groups excluding carboxylic acids is 2. The van der Waals surface area contributed by atoms with Crippen LogP contribution in [-0.4, -0.2) is 22.9 Å². The van der Waals surface area contributed by atoms with Crippen LogP contribution in [0.15, 0.2) is 18.2 Å². The molecule has 0 radical (unpaired) electrons. The summed E-state index contributed by atoms with van der Waals surface area (Å²) in [5.74, 6) is -3.08. The molecule has 5 nitrogen and oxygen atoms in total. The van der Waals surface area contributed by atoms with Crippen molar-refractivity contribution in [3.05, 3.63) is 29.6 Å². The average Bonchev–Trinajstić information content (AvgIpc) is 2.28. The van der Waals surface area contributed by atoms with Crippen molar-refractivity contribution < 1.29 is 23.9 Å². The van der Waals surface area contributed by atoms with Gasteiger partial charge in [-0.3, -0.25) is 9.59 Å². The van der Waals surface area contributed by atoms with Crippen LogP contribution in [0.2, 0.25) is 0 Å². The molecule has 1 aromatic carbocycles. The Balaban J connectivity index is 2.46. The highest BCUT2D eigenvalue weighted by Crippen LogP contribution is 2.35. The second kappa shape index (κ2) is 4.70. The van der Waals surface area contributed by atoms with E-state index in [1.165, 1.54) is 0 Å². The first kappa shape index (κ1) is 14.2. The smallest absolute Gasteiger partial charge is 0.335 e. The number of nitrogens with zero attached hydrogens (tertiary/aromatic N) is 1. The van der Waals surface area contributed by atoms with Gasteiger partial charge in [-0.1, -0.05) is 13.8 Å². The number of amides is 2. The van der Waals surface area contributed by atoms with Gasteiger partial charge in [-0.2, -0.15) is 0 Å². The molecule has 1 aliphatic heterocycles. The molecule has 1 saturated heterocycles. The van der Waals surface area contributed by atoms with E-state index >= 15 is 0 Å². The summed E-state index contributed by atoms with van der Waals surface area (Å²) in [6.45, 7) is 3.56. The molecule has 1 N–H and O–H groups in total. The monoisotopic (exact) mass is 279 g/mol. The van der Waals surface area contributed by atoms with Crippen LogP contribution in [-0.2, 0) is 9.59 Å². The van der Waals surface area contributed by atoms with Crippen LogP contribution < -0.4 is 4.90 Å². The van der Waals surface area contributed by atoms with Crippen molar-refractivity contribution in [3.8, 4) is 0 Å². The second-order valence-corrected chi connectivity index (χ2v) is 5.61. The Hall–Kier alpha value is -2.24. The maximum Gasteiger partial charge on any atom is 0.335 e. The van der Waals surface area contributed by atoms with Crippen LogP contribution >= 0.6 is 0 Å². The van der Waals surface area contributed by atoms with Gasteiger partial charge in [0.2, 0.25) is 11.8 Å². The highest BCUT2D eigenvalue weighted by Gasteiger charge is 2.39. The summed E-state index contributed by atoms with van der Waals surface area (Å²) in [7, 11) is 0. The number of piperidine rings is 1. The van der Waals surface area contributed by atoms with Crippen molar-refractivity contribution in [2.75, 3.05) is 4.90 Å². The van der Waals surface area contributed by atoms with E-state index < -0.39 is 29.0 Å². The Kier molecular flexibility index (Phi) is 3.33. The predicted octanol–water partition coefficient (Wildman–Crippen LogP) is 2.20. The number of hydrogen-bond donors (Lipinski definition) is 1. The normalized spacial score (nSPS) is 18.2. The molecule has 6 heteroatoms.